The Labute approximate surface area is 98.7 Å². The SMILES string of the molecule is CN(C)C(CNCc1ccccc1)C1CC1. The number of nitrogens with one attached hydrogen (secondary N) is 1. The van der Waals surface area contributed by atoms with E-state index in [1.54, 1.807) is 0 Å². The Hall–Kier alpha value is -0.860. The molecule has 0 amide bonds. The first-order valence-corrected chi connectivity index (χ1v) is 6.18. The van der Waals surface area contributed by atoms with Gasteiger partial charge in [0.1, 0.15) is 0 Å². The first kappa shape index (κ1) is 11.6. The molecule has 1 aliphatic rings. The van der Waals surface area contributed by atoms with Gasteiger partial charge in [0.05, 0.1) is 0 Å². The molecule has 0 radical (unpaired) electrons. The zero-order chi connectivity index (χ0) is 11.4. The van der Waals surface area contributed by atoms with Crippen LogP contribution in [0.1, 0.15) is 18.4 Å². The maximum Gasteiger partial charge on any atom is 0.0242 e. The van der Waals surface area contributed by atoms with E-state index in [2.05, 4.69) is 54.6 Å². The van der Waals surface area contributed by atoms with Gasteiger partial charge in [-0.15, -0.1) is 0 Å². The van der Waals surface area contributed by atoms with Crippen LogP contribution in [-0.4, -0.2) is 31.6 Å². The summed E-state index contributed by atoms with van der Waals surface area (Å²) in [5.41, 5.74) is 1.37. The lowest BCUT2D eigenvalue weighted by atomic mass is 10.1. The summed E-state index contributed by atoms with van der Waals surface area (Å²) in [5.74, 6) is 0.929. The van der Waals surface area contributed by atoms with Gasteiger partial charge in [0.15, 0.2) is 0 Å². The van der Waals surface area contributed by atoms with Crippen molar-refractivity contribution in [2.45, 2.75) is 25.4 Å². The molecule has 1 saturated carbocycles. The predicted molar refractivity (Wildman–Crippen MR) is 68.3 cm³/mol. The Morgan fingerprint density at radius 3 is 2.50 bits per heavy atom. The van der Waals surface area contributed by atoms with Gasteiger partial charge in [0, 0.05) is 19.1 Å². The molecule has 0 aliphatic heterocycles. The van der Waals surface area contributed by atoms with Gasteiger partial charge in [0.2, 0.25) is 0 Å². The molecule has 2 nitrogen and oxygen atoms in total. The van der Waals surface area contributed by atoms with Gasteiger partial charge < -0.3 is 10.2 Å². The second-order valence-corrected chi connectivity index (χ2v) is 4.98. The first-order valence-electron chi connectivity index (χ1n) is 6.18. The third-order valence-electron chi connectivity index (χ3n) is 3.35. The summed E-state index contributed by atoms with van der Waals surface area (Å²) in [4.78, 5) is 2.36. The third-order valence-corrected chi connectivity index (χ3v) is 3.35. The third kappa shape index (κ3) is 3.32. The molecule has 1 aromatic rings. The monoisotopic (exact) mass is 218 g/mol. The summed E-state index contributed by atoms with van der Waals surface area (Å²) >= 11 is 0. The number of nitrogens with zero attached hydrogens (tertiary/aromatic N) is 1. The van der Waals surface area contributed by atoms with Crippen molar-refractivity contribution in [3.63, 3.8) is 0 Å². The van der Waals surface area contributed by atoms with Crippen molar-refractivity contribution in [3.8, 4) is 0 Å². The smallest absolute Gasteiger partial charge is 0.0242 e. The van der Waals surface area contributed by atoms with Crippen LogP contribution in [0.5, 0.6) is 0 Å². The van der Waals surface area contributed by atoms with Crippen LogP contribution in [0, 0.1) is 5.92 Å². The van der Waals surface area contributed by atoms with E-state index in [0.717, 1.165) is 19.0 Å². The zero-order valence-corrected chi connectivity index (χ0v) is 10.3. The van der Waals surface area contributed by atoms with Crippen molar-refractivity contribution >= 4 is 0 Å². The molecule has 0 saturated heterocycles. The van der Waals surface area contributed by atoms with E-state index in [9.17, 15) is 0 Å². The molecule has 0 bridgehead atoms. The summed E-state index contributed by atoms with van der Waals surface area (Å²) < 4.78 is 0. The van der Waals surface area contributed by atoms with Gasteiger partial charge in [-0.25, -0.2) is 0 Å². The molecule has 2 heteroatoms. The molecule has 16 heavy (non-hydrogen) atoms. The van der Waals surface area contributed by atoms with E-state index < -0.39 is 0 Å². The highest BCUT2D eigenvalue weighted by Gasteiger charge is 2.31. The van der Waals surface area contributed by atoms with E-state index in [-0.39, 0.29) is 0 Å². The molecular weight excluding hydrogens is 196 g/mol. The normalized spacial score (nSPS) is 17.7. The summed E-state index contributed by atoms with van der Waals surface area (Å²) in [6.45, 7) is 2.09. The maximum absolute atomic E-state index is 3.56. The number of benzene rings is 1. The average molecular weight is 218 g/mol. The van der Waals surface area contributed by atoms with Crippen molar-refractivity contribution in [2.75, 3.05) is 20.6 Å². The molecule has 0 spiro atoms. The standard InChI is InChI=1S/C14H22N2/c1-16(2)14(13-8-9-13)11-15-10-12-6-4-3-5-7-12/h3-7,13-15H,8-11H2,1-2H3. The largest absolute Gasteiger partial charge is 0.311 e. The van der Waals surface area contributed by atoms with E-state index in [0.29, 0.717) is 6.04 Å². The highest BCUT2D eigenvalue weighted by Crippen LogP contribution is 2.34. The molecule has 1 N–H and O–H groups in total. The van der Waals surface area contributed by atoms with Crippen LogP contribution < -0.4 is 5.32 Å². The maximum atomic E-state index is 3.56. The van der Waals surface area contributed by atoms with Crippen molar-refractivity contribution in [2.24, 2.45) is 5.92 Å². The summed E-state index contributed by atoms with van der Waals surface area (Å²) in [6.07, 6.45) is 2.83. The fourth-order valence-electron chi connectivity index (χ4n) is 2.21. The van der Waals surface area contributed by atoms with Crippen LogP contribution in [0.25, 0.3) is 0 Å². The summed E-state index contributed by atoms with van der Waals surface area (Å²) in [5, 5.41) is 3.56. The Bertz CT molecular complexity index is 302. The number of rotatable bonds is 6. The van der Waals surface area contributed by atoms with Crippen molar-refractivity contribution < 1.29 is 0 Å². The van der Waals surface area contributed by atoms with Crippen molar-refractivity contribution in [1.29, 1.82) is 0 Å². The molecule has 1 atom stereocenters. The molecular formula is C14H22N2. The van der Waals surface area contributed by atoms with Crippen LogP contribution in [0.15, 0.2) is 30.3 Å². The topological polar surface area (TPSA) is 15.3 Å². The number of hydrogen-bond donors (Lipinski definition) is 1. The van der Waals surface area contributed by atoms with E-state index in [1.807, 2.05) is 0 Å². The Kier molecular flexibility index (Phi) is 3.97. The van der Waals surface area contributed by atoms with E-state index in [1.165, 1.54) is 18.4 Å². The van der Waals surface area contributed by atoms with Gasteiger partial charge in [-0.3, -0.25) is 0 Å². The highest BCUT2D eigenvalue weighted by molar-refractivity contribution is 5.14. The van der Waals surface area contributed by atoms with Gasteiger partial charge in [-0.2, -0.15) is 0 Å². The van der Waals surface area contributed by atoms with Gasteiger partial charge in [-0.05, 0) is 38.4 Å². The molecule has 2 rings (SSSR count). The Morgan fingerprint density at radius 1 is 1.25 bits per heavy atom. The zero-order valence-electron chi connectivity index (χ0n) is 10.3. The minimum atomic E-state index is 0.712. The first-order chi connectivity index (χ1) is 7.77. The highest BCUT2D eigenvalue weighted by atomic mass is 15.1. The van der Waals surface area contributed by atoms with E-state index >= 15 is 0 Å². The Morgan fingerprint density at radius 2 is 1.94 bits per heavy atom. The van der Waals surface area contributed by atoms with Crippen LogP contribution in [0.2, 0.25) is 0 Å². The number of hydrogen-bond acceptors (Lipinski definition) is 2. The molecule has 1 fully saturated rings. The van der Waals surface area contributed by atoms with Crippen LogP contribution in [-0.2, 0) is 6.54 Å². The molecule has 0 heterocycles. The minimum Gasteiger partial charge on any atom is -0.311 e. The predicted octanol–water partition coefficient (Wildman–Crippen LogP) is 2.12. The van der Waals surface area contributed by atoms with Crippen molar-refractivity contribution in [1.82, 2.24) is 10.2 Å². The fraction of sp³-hybridized carbons (Fsp3) is 0.571. The van der Waals surface area contributed by atoms with Crippen molar-refractivity contribution in [3.05, 3.63) is 35.9 Å². The molecule has 1 aromatic carbocycles. The van der Waals surface area contributed by atoms with Crippen LogP contribution in [0.4, 0.5) is 0 Å². The summed E-state index contributed by atoms with van der Waals surface area (Å²) in [6, 6.07) is 11.3. The second-order valence-electron chi connectivity index (χ2n) is 4.98. The fourth-order valence-corrected chi connectivity index (χ4v) is 2.21. The second kappa shape index (κ2) is 5.46. The lowest BCUT2D eigenvalue weighted by molar-refractivity contribution is 0.255. The van der Waals surface area contributed by atoms with Crippen LogP contribution in [0.3, 0.4) is 0 Å². The average Bonchev–Trinajstić information content (AvgIpc) is 3.09. The molecule has 88 valence electrons. The molecule has 1 aliphatic carbocycles. The molecule has 1 unspecified atom stereocenters. The quantitative estimate of drug-likeness (QED) is 0.787. The van der Waals surface area contributed by atoms with E-state index in [4.69, 9.17) is 0 Å². The minimum absolute atomic E-state index is 0.712. The van der Waals surface area contributed by atoms with Gasteiger partial charge in [-0.1, -0.05) is 30.3 Å². The summed E-state index contributed by atoms with van der Waals surface area (Å²) in [7, 11) is 4.38. The Balaban J connectivity index is 1.74. The lowest BCUT2D eigenvalue weighted by Gasteiger charge is -2.24. The molecule has 0 aromatic heterocycles. The van der Waals surface area contributed by atoms with Gasteiger partial charge >= 0.3 is 0 Å². The van der Waals surface area contributed by atoms with Crippen LogP contribution >= 0.6 is 0 Å². The lowest BCUT2D eigenvalue weighted by Crippen LogP contribution is -2.39. The van der Waals surface area contributed by atoms with Gasteiger partial charge in [0.25, 0.3) is 0 Å². The number of likely N-dealkylation sites (N-methyl/N-ethyl adjacent to an activating group) is 1.